The Morgan fingerprint density at radius 3 is 2.59 bits per heavy atom. The van der Waals surface area contributed by atoms with Crippen molar-refractivity contribution in [2.75, 3.05) is 18.0 Å². The molecule has 1 N–H and O–H groups in total. The van der Waals surface area contributed by atoms with Crippen molar-refractivity contribution in [2.45, 2.75) is 50.1 Å². The highest BCUT2D eigenvalue weighted by Crippen LogP contribution is 2.27. The van der Waals surface area contributed by atoms with Crippen molar-refractivity contribution in [1.82, 2.24) is 20.3 Å². The molecule has 0 radical (unpaired) electrons. The van der Waals surface area contributed by atoms with E-state index >= 15 is 0 Å². The van der Waals surface area contributed by atoms with E-state index in [2.05, 4.69) is 35.1 Å². The van der Waals surface area contributed by atoms with Gasteiger partial charge in [-0.05, 0) is 54.2 Å². The molecule has 6 nitrogen and oxygen atoms in total. The molecule has 0 spiro atoms. The van der Waals surface area contributed by atoms with Crippen LogP contribution in [0.5, 0.6) is 0 Å². The molecular weight excluding hydrogens is 418 g/mol. The number of nitrogens with one attached hydrogen (secondary N) is 1. The van der Waals surface area contributed by atoms with Crippen LogP contribution in [-0.2, 0) is 12.3 Å². The number of thioether (sulfide) groups is 1. The number of hydrogen-bond donors (Lipinski definition) is 1. The summed E-state index contributed by atoms with van der Waals surface area (Å²) in [6, 6.07) is 13.7. The molecule has 166 valence electrons. The van der Waals surface area contributed by atoms with E-state index in [0.717, 1.165) is 40.9 Å². The lowest BCUT2D eigenvalue weighted by Crippen LogP contribution is -2.22. The van der Waals surface area contributed by atoms with Crippen molar-refractivity contribution in [2.24, 2.45) is 0 Å². The number of benzene rings is 1. The van der Waals surface area contributed by atoms with Gasteiger partial charge in [0.1, 0.15) is 5.82 Å². The topological polar surface area (TPSA) is 71.0 Å². The van der Waals surface area contributed by atoms with Gasteiger partial charge in [0.2, 0.25) is 0 Å². The van der Waals surface area contributed by atoms with Crippen LogP contribution in [0.3, 0.4) is 0 Å². The zero-order chi connectivity index (χ0) is 22.3. The van der Waals surface area contributed by atoms with Crippen molar-refractivity contribution in [3.05, 3.63) is 77.2 Å². The Morgan fingerprint density at radius 1 is 1.06 bits per heavy atom. The normalized spacial score (nSPS) is 13.5. The average Bonchev–Trinajstić information content (AvgIpc) is 3.37. The fourth-order valence-electron chi connectivity index (χ4n) is 3.63. The number of nitrogens with zero attached hydrogens (tertiary/aromatic N) is 4. The number of aromatic nitrogens is 3. The highest BCUT2D eigenvalue weighted by molar-refractivity contribution is 7.98. The third-order valence-corrected chi connectivity index (χ3v) is 6.41. The summed E-state index contributed by atoms with van der Waals surface area (Å²) in [7, 11) is 0. The molecular formula is C25H29N5OS. The summed E-state index contributed by atoms with van der Waals surface area (Å²) < 4.78 is 0. The molecule has 1 aromatic carbocycles. The van der Waals surface area contributed by atoms with Crippen LogP contribution in [0.1, 0.15) is 59.8 Å². The van der Waals surface area contributed by atoms with E-state index in [1.807, 2.05) is 36.4 Å². The standard InChI is InChI=1S/C25H29N5OS/c1-18(2)22-15-23(30-12-3-4-13-30)29-25(28-22)32-17-20-6-5-7-21(14-20)24(31)27-16-19-8-10-26-11-9-19/h5-11,14-15,18H,3-4,12-13,16-17H2,1-2H3,(H,27,31). The van der Waals surface area contributed by atoms with Crippen LogP contribution in [0.2, 0.25) is 0 Å². The smallest absolute Gasteiger partial charge is 0.251 e. The first-order valence-electron chi connectivity index (χ1n) is 11.1. The zero-order valence-electron chi connectivity index (χ0n) is 18.6. The maximum Gasteiger partial charge on any atom is 0.251 e. The molecule has 3 heterocycles. The molecule has 2 aromatic heterocycles. The molecule has 0 bridgehead atoms. The average molecular weight is 448 g/mol. The number of anilines is 1. The fourth-order valence-corrected chi connectivity index (χ4v) is 4.44. The van der Waals surface area contributed by atoms with Crippen LogP contribution in [-0.4, -0.2) is 33.9 Å². The lowest BCUT2D eigenvalue weighted by Gasteiger charge is -2.18. The summed E-state index contributed by atoms with van der Waals surface area (Å²) in [5.41, 5.74) is 3.84. The van der Waals surface area contributed by atoms with Gasteiger partial charge in [0.25, 0.3) is 5.91 Å². The maximum atomic E-state index is 12.6. The molecule has 1 amide bonds. The molecule has 1 saturated heterocycles. The van der Waals surface area contributed by atoms with Crippen molar-refractivity contribution in [3.63, 3.8) is 0 Å². The molecule has 32 heavy (non-hydrogen) atoms. The van der Waals surface area contributed by atoms with Gasteiger partial charge in [-0.25, -0.2) is 9.97 Å². The van der Waals surface area contributed by atoms with Gasteiger partial charge in [0.05, 0.1) is 0 Å². The number of pyridine rings is 1. The third-order valence-electron chi connectivity index (χ3n) is 5.49. The Hall–Kier alpha value is -2.93. The van der Waals surface area contributed by atoms with E-state index in [1.54, 1.807) is 24.2 Å². The molecule has 1 fully saturated rings. The molecule has 1 aliphatic heterocycles. The summed E-state index contributed by atoms with van der Waals surface area (Å²) in [4.78, 5) is 28.6. The SMILES string of the molecule is CC(C)c1cc(N2CCCC2)nc(SCc2cccc(C(=O)NCc3ccncc3)c2)n1. The van der Waals surface area contributed by atoms with E-state index < -0.39 is 0 Å². The molecule has 7 heteroatoms. The Kier molecular flexibility index (Phi) is 7.37. The van der Waals surface area contributed by atoms with E-state index in [0.29, 0.717) is 23.8 Å². The van der Waals surface area contributed by atoms with Gasteiger partial charge in [-0.3, -0.25) is 9.78 Å². The van der Waals surface area contributed by atoms with Crippen molar-refractivity contribution < 1.29 is 4.79 Å². The molecule has 0 saturated carbocycles. The summed E-state index contributed by atoms with van der Waals surface area (Å²) in [5, 5.41) is 3.77. The minimum absolute atomic E-state index is 0.0805. The van der Waals surface area contributed by atoms with Crippen LogP contribution in [0.15, 0.2) is 60.0 Å². The second-order valence-electron chi connectivity index (χ2n) is 8.31. The second kappa shape index (κ2) is 10.6. The number of carbonyl (C=O) groups is 1. The number of carbonyl (C=O) groups excluding carboxylic acids is 1. The van der Waals surface area contributed by atoms with Crippen molar-refractivity contribution in [1.29, 1.82) is 0 Å². The minimum Gasteiger partial charge on any atom is -0.356 e. The molecule has 0 atom stereocenters. The van der Waals surface area contributed by atoms with Crippen LogP contribution >= 0.6 is 11.8 Å². The Balaban J connectivity index is 1.42. The van der Waals surface area contributed by atoms with Crippen LogP contribution in [0.4, 0.5) is 5.82 Å². The van der Waals surface area contributed by atoms with Gasteiger partial charge in [0, 0.05) is 55.1 Å². The largest absolute Gasteiger partial charge is 0.356 e. The predicted molar refractivity (Wildman–Crippen MR) is 129 cm³/mol. The minimum atomic E-state index is -0.0805. The van der Waals surface area contributed by atoms with Crippen LogP contribution in [0.25, 0.3) is 0 Å². The summed E-state index contributed by atoms with van der Waals surface area (Å²) >= 11 is 1.62. The first kappa shape index (κ1) is 22.3. The highest BCUT2D eigenvalue weighted by atomic mass is 32.2. The van der Waals surface area contributed by atoms with Gasteiger partial charge in [-0.1, -0.05) is 37.7 Å². The van der Waals surface area contributed by atoms with E-state index in [4.69, 9.17) is 9.97 Å². The first-order chi connectivity index (χ1) is 15.6. The second-order valence-corrected chi connectivity index (χ2v) is 9.25. The maximum absolute atomic E-state index is 12.6. The molecule has 4 rings (SSSR count). The van der Waals surface area contributed by atoms with Gasteiger partial charge in [0.15, 0.2) is 5.16 Å². The highest BCUT2D eigenvalue weighted by Gasteiger charge is 2.17. The monoisotopic (exact) mass is 447 g/mol. The third kappa shape index (κ3) is 5.85. The molecule has 0 aliphatic carbocycles. The first-order valence-corrected chi connectivity index (χ1v) is 12.1. The van der Waals surface area contributed by atoms with E-state index in [1.165, 1.54) is 12.8 Å². The van der Waals surface area contributed by atoms with E-state index in [9.17, 15) is 4.79 Å². The predicted octanol–water partition coefficient (Wildman–Crippen LogP) is 4.82. The van der Waals surface area contributed by atoms with Gasteiger partial charge < -0.3 is 10.2 Å². The lowest BCUT2D eigenvalue weighted by molar-refractivity contribution is 0.0951. The quantitative estimate of drug-likeness (QED) is 0.394. The number of amides is 1. The number of hydrogen-bond acceptors (Lipinski definition) is 6. The lowest BCUT2D eigenvalue weighted by atomic mass is 10.1. The van der Waals surface area contributed by atoms with E-state index in [-0.39, 0.29) is 5.91 Å². The van der Waals surface area contributed by atoms with Gasteiger partial charge >= 0.3 is 0 Å². The molecule has 3 aromatic rings. The van der Waals surface area contributed by atoms with Gasteiger partial charge in [-0.15, -0.1) is 0 Å². The summed E-state index contributed by atoms with van der Waals surface area (Å²) in [6.45, 7) is 6.94. The van der Waals surface area contributed by atoms with Crippen LogP contribution in [0, 0.1) is 0 Å². The fraction of sp³-hybridized carbons (Fsp3) is 0.360. The Morgan fingerprint density at radius 2 is 1.84 bits per heavy atom. The van der Waals surface area contributed by atoms with Crippen LogP contribution < -0.4 is 10.2 Å². The molecule has 1 aliphatic rings. The molecule has 0 unspecified atom stereocenters. The Labute approximate surface area is 193 Å². The number of rotatable bonds is 8. The zero-order valence-corrected chi connectivity index (χ0v) is 19.4. The summed E-state index contributed by atoms with van der Waals surface area (Å²) in [6.07, 6.45) is 5.90. The summed E-state index contributed by atoms with van der Waals surface area (Å²) in [5.74, 6) is 2.02. The van der Waals surface area contributed by atoms with Gasteiger partial charge in [-0.2, -0.15) is 0 Å². The Bertz CT molecular complexity index is 1050. The van der Waals surface area contributed by atoms with Crippen molar-refractivity contribution >= 4 is 23.5 Å². The van der Waals surface area contributed by atoms with Crippen molar-refractivity contribution in [3.8, 4) is 0 Å².